The number of aromatic nitrogens is 2. The summed E-state index contributed by atoms with van der Waals surface area (Å²) in [5.74, 6) is -0.145. The molecule has 8 heteroatoms. The molecule has 2 heterocycles. The summed E-state index contributed by atoms with van der Waals surface area (Å²) in [5.41, 5.74) is -1.09. The quantitative estimate of drug-likeness (QED) is 0.848. The fourth-order valence-electron chi connectivity index (χ4n) is 2.84. The van der Waals surface area contributed by atoms with Crippen molar-refractivity contribution < 1.29 is 19.2 Å². The number of nitrogens with zero attached hydrogens (tertiary/aromatic N) is 3. The predicted octanol–water partition coefficient (Wildman–Crippen LogP) is 1.31. The average molecular weight is 296 g/mol. The van der Waals surface area contributed by atoms with Crippen molar-refractivity contribution in [3.8, 4) is 0 Å². The first-order valence-corrected chi connectivity index (χ1v) is 7.07. The lowest BCUT2D eigenvalue weighted by Crippen LogP contribution is -2.55. The van der Waals surface area contributed by atoms with Gasteiger partial charge in [0.05, 0.1) is 6.54 Å². The van der Waals surface area contributed by atoms with E-state index < -0.39 is 17.5 Å². The third-order valence-electron chi connectivity index (χ3n) is 3.76. The summed E-state index contributed by atoms with van der Waals surface area (Å²) in [6, 6.07) is -0.404. The number of hydrogen-bond acceptors (Lipinski definition) is 5. The van der Waals surface area contributed by atoms with E-state index in [0.29, 0.717) is 43.9 Å². The van der Waals surface area contributed by atoms with Gasteiger partial charge in [-0.3, -0.25) is 0 Å². The van der Waals surface area contributed by atoms with Crippen molar-refractivity contribution in [3.63, 3.8) is 0 Å². The summed E-state index contributed by atoms with van der Waals surface area (Å²) in [7, 11) is 0. The smallest absolute Gasteiger partial charge is 0.329 e. The molecule has 8 nitrogen and oxygen atoms in total. The lowest BCUT2D eigenvalue weighted by atomic mass is 9.91. The van der Waals surface area contributed by atoms with E-state index in [4.69, 9.17) is 4.52 Å². The fraction of sp³-hybridized carbons (Fsp3) is 0.692. The van der Waals surface area contributed by atoms with Gasteiger partial charge in [0, 0.05) is 6.54 Å². The highest BCUT2D eigenvalue weighted by Crippen LogP contribution is 2.34. The van der Waals surface area contributed by atoms with Crippen LogP contribution in [0.5, 0.6) is 0 Å². The van der Waals surface area contributed by atoms with E-state index in [0.717, 1.165) is 0 Å². The van der Waals surface area contributed by atoms with Crippen LogP contribution < -0.4 is 5.32 Å². The predicted molar refractivity (Wildman–Crippen MR) is 72.5 cm³/mol. The van der Waals surface area contributed by atoms with Gasteiger partial charge < -0.3 is 19.8 Å². The molecule has 2 N–H and O–H groups in total. The van der Waals surface area contributed by atoms with Crippen LogP contribution in [0, 0.1) is 6.92 Å². The molecular formula is C13H20N4O4. The van der Waals surface area contributed by atoms with Crippen LogP contribution >= 0.6 is 0 Å². The van der Waals surface area contributed by atoms with Crippen molar-refractivity contribution in [2.24, 2.45) is 0 Å². The van der Waals surface area contributed by atoms with Gasteiger partial charge in [-0.05, 0) is 26.2 Å². The van der Waals surface area contributed by atoms with Crippen molar-refractivity contribution in [2.45, 2.75) is 51.6 Å². The first kappa shape index (κ1) is 15.3. The summed E-state index contributed by atoms with van der Waals surface area (Å²) in [6.45, 7) is 4.14. The maximum absolute atomic E-state index is 12.3. The Morgan fingerprint density at radius 3 is 2.86 bits per heavy atom. The standard InChI is InChI=1S/C13H20N4O4/c1-3-5-13(11(18)19)6-4-7-17(13)12(20)14-8-10-15-9(2)16-21-10/h3-8H2,1-2H3,(H,14,20)(H,18,19). The largest absolute Gasteiger partial charge is 0.479 e. The lowest BCUT2D eigenvalue weighted by molar-refractivity contribution is -0.148. The first-order valence-electron chi connectivity index (χ1n) is 7.07. The van der Waals surface area contributed by atoms with Crippen LogP contribution in [0.2, 0.25) is 0 Å². The molecule has 0 aromatic carbocycles. The average Bonchev–Trinajstić information content (AvgIpc) is 3.04. The van der Waals surface area contributed by atoms with Crippen LogP contribution in [-0.2, 0) is 11.3 Å². The third kappa shape index (κ3) is 2.98. The first-order chi connectivity index (χ1) is 9.99. The second kappa shape index (κ2) is 6.11. The van der Waals surface area contributed by atoms with Crippen molar-refractivity contribution in [2.75, 3.05) is 6.54 Å². The van der Waals surface area contributed by atoms with E-state index in [-0.39, 0.29) is 6.54 Å². The second-order valence-electron chi connectivity index (χ2n) is 5.24. The number of rotatable bonds is 5. The number of urea groups is 1. The normalized spacial score (nSPS) is 21.5. The maximum atomic E-state index is 12.3. The molecule has 1 saturated heterocycles. The fourth-order valence-corrected chi connectivity index (χ4v) is 2.84. The molecule has 116 valence electrons. The van der Waals surface area contributed by atoms with E-state index in [2.05, 4.69) is 15.5 Å². The molecular weight excluding hydrogens is 276 g/mol. The zero-order valence-corrected chi connectivity index (χ0v) is 12.3. The molecule has 1 atom stereocenters. The molecule has 0 spiro atoms. The number of aliphatic carboxylic acids is 1. The molecule has 0 saturated carbocycles. The molecule has 1 aliphatic heterocycles. The number of carboxylic acid groups (broad SMARTS) is 1. The van der Waals surface area contributed by atoms with Crippen molar-refractivity contribution in [3.05, 3.63) is 11.7 Å². The summed E-state index contributed by atoms with van der Waals surface area (Å²) in [6.07, 6.45) is 2.34. The topological polar surface area (TPSA) is 109 Å². The minimum atomic E-state index is -1.09. The number of nitrogens with one attached hydrogen (secondary N) is 1. The Morgan fingerprint density at radius 1 is 1.52 bits per heavy atom. The Bertz CT molecular complexity index is 530. The molecule has 0 radical (unpaired) electrons. The van der Waals surface area contributed by atoms with E-state index in [1.54, 1.807) is 6.92 Å². The molecule has 1 unspecified atom stereocenters. The Labute approximate surface area is 122 Å². The zero-order valence-electron chi connectivity index (χ0n) is 12.3. The van der Waals surface area contributed by atoms with Gasteiger partial charge in [0.25, 0.3) is 0 Å². The second-order valence-corrected chi connectivity index (χ2v) is 5.24. The zero-order chi connectivity index (χ0) is 15.5. The number of carbonyl (C=O) groups is 2. The number of aryl methyl sites for hydroxylation is 1. The highest BCUT2D eigenvalue weighted by molar-refractivity contribution is 5.87. The molecule has 2 rings (SSSR count). The number of amides is 2. The lowest BCUT2D eigenvalue weighted by Gasteiger charge is -2.34. The summed E-state index contributed by atoms with van der Waals surface area (Å²) in [4.78, 5) is 29.3. The van der Waals surface area contributed by atoms with Gasteiger partial charge in [0.15, 0.2) is 5.82 Å². The number of likely N-dealkylation sites (tertiary alicyclic amines) is 1. The monoisotopic (exact) mass is 296 g/mol. The van der Waals surface area contributed by atoms with Gasteiger partial charge >= 0.3 is 12.0 Å². The van der Waals surface area contributed by atoms with Crippen LogP contribution in [0.25, 0.3) is 0 Å². The van der Waals surface area contributed by atoms with Gasteiger partial charge in [-0.25, -0.2) is 9.59 Å². The SMILES string of the molecule is CCCC1(C(=O)O)CCCN1C(=O)NCc1nc(C)no1. The number of carbonyl (C=O) groups excluding carboxylic acids is 1. The van der Waals surface area contributed by atoms with Crippen LogP contribution in [-0.4, -0.2) is 44.2 Å². The molecule has 0 aliphatic carbocycles. The summed E-state index contributed by atoms with van der Waals surface area (Å²) >= 11 is 0. The van der Waals surface area contributed by atoms with Gasteiger partial charge in [0.2, 0.25) is 5.89 Å². The molecule has 1 fully saturated rings. The van der Waals surface area contributed by atoms with Crippen molar-refractivity contribution >= 4 is 12.0 Å². The molecule has 1 aliphatic rings. The maximum Gasteiger partial charge on any atom is 0.329 e. The van der Waals surface area contributed by atoms with Gasteiger partial charge in [-0.15, -0.1) is 0 Å². The Hall–Kier alpha value is -2.12. The van der Waals surface area contributed by atoms with E-state index in [1.165, 1.54) is 4.90 Å². The van der Waals surface area contributed by atoms with Crippen molar-refractivity contribution in [1.82, 2.24) is 20.4 Å². The third-order valence-corrected chi connectivity index (χ3v) is 3.76. The van der Waals surface area contributed by atoms with Crippen molar-refractivity contribution in [1.29, 1.82) is 0 Å². The highest BCUT2D eigenvalue weighted by atomic mass is 16.5. The number of carboxylic acids is 1. The van der Waals surface area contributed by atoms with Gasteiger partial charge in [-0.2, -0.15) is 4.98 Å². The van der Waals surface area contributed by atoms with Gasteiger partial charge in [0.1, 0.15) is 5.54 Å². The minimum Gasteiger partial charge on any atom is -0.479 e. The Morgan fingerprint density at radius 2 is 2.29 bits per heavy atom. The summed E-state index contributed by atoms with van der Waals surface area (Å²) in [5, 5.41) is 15.8. The highest BCUT2D eigenvalue weighted by Gasteiger charge is 2.49. The Balaban J connectivity index is 2.04. The van der Waals surface area contributed by atoms with Crippen LogP contribution in [0.3, 0.4) is 0 Å². The van der Waals surface area contributed by atoms with Crippen LogP contribution in [0.1, 0.15) is 44.3 Å². The van der Waals surface area contributed by atoms with Crippen LogP contribution in [0.15, 0.2) is 4.52 Å². The Kier molecular flexibility index (Phi) is 4.44. The minimum absolute atomic E-state index is 0.0952. The molecule has 1 aromatic heterocycles. The number of hydrogen-bond donors (Lipinski definition) is 2. The molecule has 1 aromatic rings. The van der Waals surface area contributed by atoms with E-state index >= 15 is 0 Å². The molecule has 2 amide bonds. The van der Waals surface area contributed by atoms with E-state index in [9.17, 15) is 14.7 Å². The summed E-state index contributed by atoms with van der Waals surface area (Å²) < 4.78 is 4.91. The molecule has 21 heavy (non-hydrogen) atoms. The molecule has 0 bridgehead atoms. The van der Waals surface area contributed by atoms with Crippen LogP contribution in [0.4, 0.5) is 4.79 Å². The van der Waals surface area contributed by atoms with Gasteiger partial charge in [-0.1, -0.05) is 18.5 Å². The van der Waals surface area contributed by atoms with E-state index in [1.807, 2.05) is 6.92 Å².